The molecule has 0 radical (unpaired) electrons. The molecule has 1 aliphatic carbocycles. The van der Waals surface area contributed by atoms with Gasteiger partial charge in [-0.25, -0.2) is 18.7 Å². The van der Waals surface area contributed by atoms with Crippen molar-refractivity contribution in [3.8, 4) is 23.1 Å². The molecule has 3 aromatic rings. The number of aromatic hydroxyl groups is 1. The Morgan fingerprint density at radius 3 is 2.41 bits per heavy atom. The van der Waals surface area contributed by atoms with Crippen LogP contribution in [0.25, 0.3) is 11.5 Å². The van der Waals surface area contributed by atoms with Crippen LogP contribution in [0.5, 0.6) is 11.6 Å². The monoisotopic (exact) mass is 473 g/mol. The lowest BCUT2D eigenvalue weighted by Gasteiger charge is -2.41. The van der Waals surface area contributed by atoms with Gasteiger partial charge in [0.15, 0.2) is 17.4 Å². The second-order valence-corrected chi connectivity index (χ2v) is 9.21. The van der Waals surface area contributed by atoms with Crippen LogP contribution in [0.2, 0.25) is 0 Å². The van der Waals surface area contributed by atoms with E-state index in [1.54, 1.807) is 0 Å². The Balaban J connectivity index is 1.38. The third kappa shape index (κ3) is 4.68. The van der Waals surface area contributed by atoms with Crippen LogP contribution < -0.4 is 10.1 Å². The Morgan fingerprint density at radius 1 is 1.15 bits per heavy atom. The van der Waals surface area contributed by atoms with E-state index in [0.717, 1.165) is 37.8 Å². The number of phenolic OH excluding ortho intramolecular Hbond substituents is 1. The van der Waals surface area contributed by atoms with Gasteiger partial charge in [0, 0.05) is 17.5 Å². The Morgan fingerprint density at radius 2 is 1.82 bits per heavy atom. The number of carbonyl (C=O) groups excluding carboxylic acids is 1. The van der Waals surface area contributed by atoms with E-state index in [4.69, 9.17) is 9.26 Å². The number of halogens is 2. The SMILES string of the molecule is COc1cnc(-c2noc([C@]3(C)CC[C@](C)(CNC(=O)c4cc(F)c(O)c(F)c4)CC3)n2)cn1. The largest absolute Gasteiger partial charge is 0.503 e. The minimum atomic E-state index is -1.18. The zero-order valence-corrected chi connectivity index (χ0v) is 19.1. The summed E-state index contributed by atoms with van der Waals surface area (Å²) in [6.45, 7) is 4.45. The molecule has 0 spiro atoms. The van der Waals surface area contributed by atoms with Crippen molar-refractivity contribution >= 4 is 5.91 Å². The Kier molecular flexibility index (Phi) is 6.20. The molecule has 0 atom stereocenters. The summed E-state index contributed by atoms with van der Waals surface area (Å²) in [7, 11) is 1.51. The molecule has 1 aromatic carbocycles. The van der Waals surface area contributed by atoms with E-state index in [0.29, 0.717) is 29.8 Å². The third-order valence-corrected chi connectivity index (χ3v) is 6.52. The molecule has 0 aliphatic heterocycles. The molecule has 11 heteroatoms. The molecular formula is C23H25F2N5O4. The van der Waals surface area contributed by atoms with Crippen molar-refractivity contribution in [3.05, 3.63) is 47.6 Å². The van der Waals surface area contributed by atoms with Crippen LogP contribution in [-0.2, 0) is 5.41 Å². The van der Waals surface area contributed by atoms with Gasteiger partial charge in [-0.2, -0.15) is 4.98 Å². The van der Waals surface area contributed by atoms with Gasteiger partial charge in [-0.1, -0.05) is 19.0 Å². The van der Waals surface area contributed by atoms with E-state index >= 15 is 0 Å². The summed E-state index contributed by atoms with van der Waals surface area (Å²) in [4.78, 5) is 25.3. The summed E-state index contributed by atoms with van der Waals surface area (Å²) in [5, 5.41) is 16.0. The first-order valence-electron chi connectivity index (χ1n) is 10.8. The molecule has 1 saturated carbocycles. The average molecular weight is 473 g/mol. The maximum Gasteiger partial charge on any atom is 0.251 e. The fourth-order valence-electron chi connectivity index (χ4n) is 4.00. The number of hydrogen-bond acceptors (Lipinski definition) is 8. The van der Waals surface area contributed by atoms with Crippen molar-refractivity contribution in [2.75, 3.05) is 13.7 Å². The van der Waals surface area contributed by atoms with Crippen LogP contribution >= 0.6 is 0 Å². The number of amides is 1. The predicted molar refractivity (Wildman–Crippen MR) is 116 cm³/mol. The van der Waals surface area contributed by atoms with Gasteiger partial charge in [0.1, 0.15) is 5.69 Å². The standard InChI is InChI=1S/C23H25F2N5O4/c1-22(12-28-20(32)13-8-14(24)18(31)15(25)9-13)4-6-23(2,7-5-22)21-29-19(30-34-21)16-10-27-17(33-3)11-26-16/h8-11,31H,4-7,12H2,1-3H3,(H,28,32)/t22-,23+. The maximum absolute atomic E-state index is 13.6. The highest BCUT2D eigenvalue weighted by molar-refractivity contribution is 5.94. The maximum atomic E-state index is 13.6. The zero-order chi connectivity index (χ0) is 24.5. The molecule has 2 N–H and O–H groups in total. The lowest BCUT2D eigenvalue weighted by molar-refractivity contribution is 0.0882. The van der Waals surface area contributed by atoms with Gasteiger partial charge in [0.2, 0.25) is 17.6 Å². The number of methoxy groups -OCH3 is 1. The van der Waals surface area contributed by atoms with Crippen LogP contribution in [0.15, 0.2) is 29.0 Å². The first-order chi connectivity index (χ1) is 16.1. The lowest BCUT2D eigenvalue weighted by Crippen LogP contribution is -2.41. The number of nitrogens with one attached hydrogen (secondary N) is 1. The molecule has 9 nitrogen and oxygen atoms in total. The summed E-state index contributed by atoms with van der Waals surface area (Å²) < 4.78 is 37.7. The van der Waals surface area contributed by atoms with E-state index in [9.17, 15) is 18.7 Å². The van der Waals surface area contributed by atoms with Crippen molar-refractivity contribution in [2.45, 2.75) is 44.9 Å². The van der Waals surface area contributed by atoms with Crippen molar-refractivity contribution in [2.24, 2.45) is 5.41 Å². The fourth-order valence-corrected chi connectivity index (χ4v) is 4.00. The van der Waals surface area contributed by atoms with Gasteiger partial charge in [0.25, 0.3) is 5.91 Å². The van der Waals surface area contributed by atoms with Crippen molar-refractivity contribution in [1.29, 1.82) is 0 Å². The van der Waals surface area contributed by atoms with E-state index in [-0.39, 0.29) is 16.4 Å². The van der Waals surface area contributed by atoms with Gasteiger partial charge in [-0.15, -0.1) is 0 Å². The molecule has 2 aromatic heterocycles. The molecule has 0 unspecified atom stereocenters. The molecule has 180 valence electrons. The molecule has 1 aliphatic rings. The smallest absolute Gasteiger partial charge is 0.251 e. The first-order valence-corrected chi connectivity index (χ1v) is 10.8. The minimum Gasteiger partial charge on any atom is -0.503 e. The number of ether oxygens (including phenoxy) is 1. The molecular weight excluding hydrogens is 448 g/mol. The van der Waals surface area contributed by atoms with Crippen LogP contribution in [0, 0.1) is 17.0 Å². The van der Waals surface area contributed by atoms with Crippen LogP contribution in [-0.4, -0.2) is 44.8 Å². The van der Waals surface area contributed by atoms with Crippen LogP contribution in [0.3, 0.4) is 0 Å². The molecule has 4 rings (SSSR count). The van der Waals surface area contributed by atoms with Crippen LogP contribution in [0.1, 0.15) is 55.8 Å². The Bertz CT molecular complexity index is 1170. The van der Waals surface area contributed by atoms with Crippen LogP contribution in [0.4, 0.5) is 8.78 Å². The Labute approximate surface area is 194 Å². The summed E-state index contributed by atoms with van der Waals surface area (Å²) in [6, 6.07) is 1.63. The molecule has 2 heterocycles. The molecule has 34 heavy (non-hydrogen) atoms. The van der Waals surface area contributed by atoms with Crippen molar-refractivity contribution < 1.29 is 27.9 Å². The highest BCUT2D eigenvalue weighted by atomic mass is 19.1. The fraction of sp³-hybridized carbons (Fsp3) is 0.435. The van der Waals surface area contributed by atoms with Crippen molar-refractivity contribution in [3.63, 3.8) is 0 Å². The summed E-state index contributed by atoms with van der Waals surface area (Å²) >= 11 is 0. The number of carbonyl (C=O) groups is 1. The summed E-state index contributed by atoms with van der Waals surface area (Å²) in [5.41, 5.74) is -0.257. The minimum absolute atomic E-state index is 0.183. The lowest BCUT2D eigenvalue weighted by atomic mass is 9.65. The van der Waals surface area contributed by atoms with Crippen molar-refractivity contribution in [1.82, 2.24) is 25.4 Å². The van der Waals surface area contributed by atoms with Gasteiger partial charge in [-0.3, -0.25) is 4.79 Å². The zero-order valence-electron chi connectivity index (χ0n) is 19.1. The summed E-state index contributed by atoms with van der Waals surface area (Å²) in [6.07, 6.45) is 6.02. The molecule has 1 amide bonds. The highest BCUT2D eigenvalue weighted by Crippen LogP contribution is 2.46. The first kappa shape index (κ1) is 23.5. The topological polar surface area (TPSA) is 123 Å². The van der Waals surface area contributed by atoms with Gasteiger partial charge >= 0.3 is 0 Å². The predicted octanol–water partition coefficient (Wildman–Crippen LogP) is 3.79. The van der Waals surface area contributed by atoms with Gasteiger partial charge in [-0.05, 0) is 43.2 Å². The Hall–Kier alpha value is -3.63. The molecule has 1 fully saturated rings. The molecule has 0 bridgehead atoms. The number of hydrogen-bond donors (Lipinski definition) is 2. The van der Waals surface area contributed by atoms with E-state index in [1.165, 1.54) is 19.5 Å². The number of benzene rings is 1. The number of phenols is 1. The van der Waals surface area contributed by atoms with E-state index in [1.807, 2.05) is 0 Å². The number of nitrogens with zero attached hydrogens (tertiary/aromatic N) is 4. The third-order valence-electron chi connectivity index (χ3n) is 6.52. The number of rotatable bonds is 6. The van der Waals surface area contributed by atoms with Gasteiger partial charge < -0.3 is 19.7 Å². The second-order valence-electron chi connectivity index (χ2n) is 9.21. The second kappa shape index (κ2) is 8.96. The normalized spacial score (nSPS) is 22.4. The quantitative estimate of drug-likeness (QED) is 0.554. The highest BCUT2D eigenvalue weighted by Gasteiger charge is 2.42. The molecule has 0 saturated heterocycles. The average Bonchev–Trinajstić information content (AvgIpc) is 3.34. The summed E-state index contributed by atoms with van der Waals surface area (Å²) in [5.74, 6) is -2.80. The van der Waals surface area contributed by atoms with E-state index in [2.05, 4.69) is 39.3 Å². The van der Waals surface area contributed by atoms with E-state index < -0.39 is 23.3 Å². The van der Waals surface area contributed by atoms with Gasteiger partial charge in [0.05, 0.1) is 19.5 Å². The number of aromatic nitrogens is 4.